The number of hydrogen-bond donors (Lipinski definition) is 1. The van der Waals surface area contributed by atoms with Crippen molar-refractivity contribution in [1.82, 2.24) is 4.90 Å². The zero-order chi connectivity index (χ0) is 12.3. The maximum atomic E-state index is 13.0. The number of likely N-dealkylation sites (tertiary alicyclic amines) is 1. The molecule has 1 aliphatic rings. The molecule has 0 amide bonds. The third kappa shape index (κ3) is 2.88. The molecular formula is C11H21F3N2. The van der Waals surface area contributed by atoms with Crippen LogP contribution in [0.1, 0.15) is 39.5 Å². The third-order valence-electron chi connectivity index (χ3n) is 3.46. The quantitative estimate of drug-likeness (QED) is 0.815. The van der Waals surface area contributed by atoms with Crippen LogP contribution < -0.4 is 5.73 Å². The zero-order valence-electron chi connectivity index (χ0n) is 9.93. The van der Waals surface area contributed by atoms with Crippen LogP contribution in [0.2, 0.25) is 0 Å². The first-order chi connectivity index (χ1) is 7.41. The lowest BCUT2D eigenvalue weighted by molar-refractivity contribution is -0.191. The van der Waals surface area contributed by atoms with Crippen LogP contribution >= 0.6 is 0 Å². The van der Waals surface area contributed by atoms with E-state index in [2.05, 4.69) is 0 Å². The fraction of sp³-hybridized carbons (Fsp3) is 1.00. The van der Waals surface area contributed by atoms with Crippen molar-refractivity contribution in [2.75, 3.05) is 6.54 Å². The van der Waals surface area contributed by atoms with Crippen LogP contribution in [0.3, 0.4) is 0 Å². The Morgan fingerprint density at radius 2 is 2.00 bits per heavy atom. The Hall–Kier alpha value is -0.290. The minimum absolute atomic E-state index is 0.0456. The van der Waals surface area contributed by atoms with E-state index in [0.717, 1.165) is 19.3 Å². The van der Waals surface area contributed by atoms with Gasteiger partial charge in [0.1, 0.15) is 6.04 Å². The highest BCUT2D eigenvalue weighted by atomic mass is 19.4. The van der Waals surface area contributed by atoms with Crippen LogP contribution in [-0.2, 0) is 0 Å². The number of nitrogens with two attached hydrogens (primary N) is 1. The Labute approximate surface area is 95.0 Å². The Kier molecular flexibility index (Phi) is 4.62. The van der Waals surface area contributed by atoms with Gasteiger partial charge in [-0.25, -0.2) is 0 Å². The average Bonchev–Trinajstić information content (AvgIpc) is 2.63. The van der Waals surface area contributed by atoms with Gasteiger partial charge in [0.25, 0.3) is 0 Å². The Bertz CT molecular complexity index is 218. The maximum Gasteiger partial charge on any atom is 0.405 e. The molecule has 1 saturated heterocycles. The zero-order valence-corrected chi connectivity index (χ0v) is 9.93. The molecule has 96 valence electrons. The van der Waals surface area contributed by atoms with Crippen molar-refractivity contribution in [1.29, 1.82) is 0 Å². The Morgan fingerprint density at radius 3 is 2.44 bits per heavy atom. The summed E-state index contributed by atoms with van der Waals surface area (Å²) in [5.74, 6) is 0. The van der Waals surface area contributed by atoms with E-state index in [1.54, 1.807) is 11.8 Å². The maximum absolute atomic E-state index is 13.0. The number of hydrogen-bond acceptors (Lipinski definition) is 2. The third-order valence-corrected chi connectivity index (χ3v) is 3.46. The lowest BCUT2D eigenvalue weighted by Crippen LogP contribution is -2.57. The molecule has 3 atom stereocenters. The van der Waals surface area contributed by atoms with E-state index < -0.39 is 18.3 Å². The summed E-state index contributed by atoms with van der Waals surface area (Å²) in [4.78, 5) is 1.56. The van der Waals surface area contributed by atoms with E-state index in [-0.39, 0.29) is 6.04 Å². The van der Waals surface area contributed by atoms with E-state index in [4.69, 9.17) is 5.73 Å². The first-order valence-electron chi connectivity index (χ1n) is 5.99. The van der Waals surface area contributed by atoms with Gasteiger partial charge in [-0.3, -0.25) is 4.90 Å². The second-order valence-electron chi connectivity index (χ2n) is 4.50. The number of nitrogens with zero attached hydrogens (tertiary/aromatic N) is 1. The van der Waals surface area contributed by atoms with Gasteiger partial charge in [-0.05, 0) is 32.2 Å². The monoisotopic (exact) mass is 238 g/mol. The van der Waals surface area contributed by atoms with Gasteiger partial charge >= 0.3 is 6.18 Å². The van der Waals surface area contributed by atoms with Crippen molar-refractivity contribution < 1.29 is 13.2 Å². The van der Waals surface area contributed by atoms with Crippen LogP contribution in [-0.4, -0.2) is 35.7 Å². The van der Waals surface area contributed by atoms with Crippen LogP contribution in [0.4, 0.5) is 13.2 Å². The highest BCUT2D eigenvalue weighted by Gasteiger charge is 2.49. The number of rotatable bonds is 4. The van der Waals surface area contributed by atoms with Crippen molar-refractivity contribution in [2.45, 2.75) is 63.8 Å². The van der Waals surface area contributed by atoms with Crippen molar-refractivity contribution in [3.05, 3.63) is 0 Å². The minimum Gasteiger partial charge on any atom is -0.326 e. The molecule has 5 heteroatoms. The standard InChI is InChI=1S/C11H21F3N2/c1-3-8-6-5-7-16(8)10(9(15)4-2)11(12,13)14/h8-10H,3-7,15H2,1-2H3. The lowest BCUT2D eigenvalue weighted by Gasteiger charge is -2.37. The van der Waals surface area contributed by atoms with E-state index in [1.807, 2.05) is 6.92 Å². The molecule has 0 spiro atoms. The molecule has 0 aliphatic carbocycles. The summed E-state index contributed by atoms with van der Waals surface area (Å²) in [6.07, 6.45) is -1.38. The van der Waals surface area contributed by atoms with Crippen molar-refractivity contribution >= 4 is 0 Å². The molecule has 1 aliphatic heterocycles. The summed E-state index contributed by atoms with van der Waals surface area (Å²) in [6.45, 7) is 4.17. The first kappa shape index (κ1) is 13.8. The molecule has 2 nitrogen and oxygen atoms in total. The number of halogens is 3. The van der Waals surface area contributed by atoms with Crippen molar-refractivity contribution in [3.8, 4) is 0 Å². The molecule has 0 aromatic carbocycles. The second-order valence-corrected chi connectivity index (χ2v) is 4.50. The van der Waals surface area contributed by atoms with Crippen LogP contribution in [0.5, 0.6) is 0 Å². The molecule has 0 saturated carbocycles. The van der Waals surface area contributed by atoms with Gasteiger partial charge < -0.3 is 5.73 Å². The van der Waals surface area contributed by atoms with Crippen LogP contribution in [0.15, 0.2) is 0 Å². The molecule has 0 bridgehead atoms. The van der Waals surface area contributed by atoms with Gasteiger partial charge in [0.05, 0.1) is 0 Å². The smallest absolute Gasteiger partial charge is 0.326 e. The van der Waals surface area contributed by atoms with E-state index in [9.17, 15) is 13.2 Å². The molecule has 0 aromatic rings. The lowest BCUT2D eigenvalue weighted by atomic mass is 10.0. The SMILES string of the molecule is CCC(N)C(N1CCCC1CC)C(F)(F)F. The van der Waals surface area contributed by atoms with Crippen molar-refractivity contribution in [2.24, 2.45) is 5.73 Å². The summed E-state index contributed by atoms with van der Waals surface area (Å²) >= 11 is 0. The highest BCUT2D eigenvalue weighted by Crippen LogP contribution is 2.33. The van der Waals surface area contributed by atoms with E-state index >= 15 is 0 Å². The summed E-state index contributed by atoms with van der Waals surface area (Å²) in [7, 11) is 0. The van der Waals surface area contributed by atoms with Crippen molar-refractivity contribution in [3.63, 3.8) is 0 Å². The largest absolute Gasteiger partial charge is 0.405 e. The van der Waals surface area contributed by atoms with Crippen LogP contribution in [0.25, 0.3) is 0 Å². The van der Waals surface area contributed by atoms with E-state index in [1.165, 1.54) is 0 Å². The van der Waals surface area contributed by atoms with Gasteiger partial charge in [0.2, 0.25) is 0 Å². The molecule has 0 radical (unpaired) electrons. The Morgan fingerprint density at radius 1 is 1.38 bits per heavy atom. The Balaban J connectivity index is 2.83. The highest BCUT2D eigenvalue weighted by molar-refractivity contribution is 4.93. The fourth-order valence-corrected chi connectivity index (χ4v) is 2.56. The van der Waals surface area contributed by atoms with Gasteiger partial charge in [-0.15, -0.1) is 0 Å². The minimum atomic E-state index is -4.22. The normalized spacial score (nSPS) is 27.0. The fourth-order valence-electron chi connectivity index (χ4n) is 2.56. The summed E-state index contributed by atoms with van der Waals surface area (Å²) < 4.78 is 39.0. The average molecular weight is 238 g/mol. The van der Waals surface area contributed by atoms with Gasteiger partial charge in [0.15, 0.2) is 0 Å². The van der Waals surface area contributed by atoms with Gasteiger partial charge in [-0.1, -0.05) is 13.8 Å². The van der Waals surface area contributed by atoms with Gasteiger partial charge in [0, 0.05) is 12.1 Å². The first-order valence-corrected chi connectivity index (χ1v) is 5.99. The molecule has 2 N–H and O–H groups in total. The summed E-state index contributed by atoms with van der Waals surface area (Å²) in [6, 6.07) is -2.23. The number of alkyl halides is 3. The predicted molar refractivity (Wildman–Crippen MR) is 58.1 cm³/mol. The van der Waals surface area contributed by atoms with Crippen LogP contribution in [0, 0.1) is 0 Å². The summed E-state index contributed by atoms with van der Waals surface area (Å²) in [5, 5.41) is 0. The molecular weight excluding hydrogens is 217 g/mol. The van der Waals surface area contributed by atoms with E-state index in [0.29, 0.717) is 13.0 Å². The van der Waals surface area contributed by atoms with Gasteiger partial charge in [-0.2, -0.15) is 13.2 Å². The molecule has 1 fully saturated rings. The second kappa shape index (κ2) is 5.36. The molecule has 1 rings (SSSR count). The topological polar surface area (TPSA) is 29.3 Å². The molecule has 16 heavy (non-hydrogen) atoms. The summed E-state index contributed by atoms with van der Waals surface area (Å²) in [5.41, 5.74) is 5.64. The molecule has 0 aromatic heterocycles. The molecule has 1 heterocycles. The molecule has 3 unspecified atom stereocenters. The predicted octanol–water partition coefficient (Wildman–Crippen LogP) is 2.53.